The molecule has 0 aliphatic carbocycles. The molecule has 4 rings (SSSR count). The van der Waals surface area contributed by atoms with E-state index >= 15 is 0 Å². The molecule has 150 valence electrons. The Hall–Kier alpha value is -3.59. The molecule has 0 radical (unpaired) electrons. The molecule has 0 aliphatic heterocycles. The molecule has 0 unspecified atom stereocenters. The van der Waals surface area contributed by atoms with Crippen LogP contribution in [-0.4, -0.2) is 54.9 Å². The van der Waals surface area contributed by atoms with E-state index in [0.717, 1.165) is 5.56 Å². The van der Waals surface area contributed by atoms with Gasteiger partial charge in [-0.25, -0.2) is 9.97 Å². The zero-order valence-electron chi connectivity index (χ0n) is 16.3. The summed E-state index contributed by atoms with van der Waals surface area (Å²) in [6.45, 7) is 2.06. The van der Waals surface area contributed by atoms with E-state index in [1.807, 2.05) is 0 Å². The first-order chi connectivity index (χ1) is 14.0. The minimum atomic E-state index is -0.514. The number of fused-ring (bicyclic) bond motifs is 1. The number of rotatable bonds is 6. The Bertz CT molecular complexity index is 1170. The van der Waals surface area contributed by atoms with Crippen molar-refractivity contribution in [1.29, 1.82) is 0 Å². The fourth-order valence-corrected chi connectivity index (χ4v) is 3.13. The Labute approximate surface area is 166 Å². The predicted octanol–water partition coefficient (Wildman–Crippen LogP) is 2.39. The van der Waals surface area contributed by atoms with E-state index < -0.39 is 6.10 Å². The summed E-state index contributed by atoms with van der Waals surface area (Å²) >= 11 is 0. The fraction of sp³-hybridized carbons (Fsp3) is 0.250. The first-order valence-electron chi connectivity index (χ1n) is 9.01. The van der Waals surface area contributed by atoms with Crippen LogP contribution >= 0.6 is 0 Å². The maximum atomic E-state index is 10.6. The smallest absolute Gasteiger partial charge is 0.256 e. The number of aromatic hydroxyl groups is 1. The lowest BCUT2D eigenvalue weighted by atomic mass is 10.1. The summed E-state index contributed by atoms with van der Waals surface area (Å²) in [5, 5.41) is 25.1. The van der Waals surface area contributed by atoms with Crippen molar-refractivity contribution in [2.45, 2.75) is 19.6 Å². The van der Waals surface area contributed by atoms with E-state index in [1.165, 1.54) is 7.11 Å². The van der Waals surface area contributed by atoms with Crippen LogP contribution in [0.5, 0.6) is 17.5 Å². The molecular weight excluding hydrogens is 374 g/mol. The summed E-state index contributed by atoms with van der Waals surface area (Å²) in [5.41, 5.74) is 2.06. The van der Waals surface area contributed by atoms with E-state index in [4.69, 9.17) is 9.47 Å². The lowest BCUT2D eigenvalue weighted by molar-refractivity contribution is 0.168. The van der Waals surface area contributed by atoms with Crippen molar-refractivity contribution in [2.24, 2.45) is 0 Å². The van der Waals surface area contributed by atoms with Crippen LogP contribution in [0, 0.1) is 0 Å². The topological polar surface area (TPSA) is 107 Å². The van der Waals surface area contributed by atoms with E-state index in [1.54, 1.807) is 66.1 Å². The van der Waals surface area contributed by atoms with E-state index in [0.29, 0.717) is 40.6 Å². The second kappa shape index (κ2) is 7.44. The minimum Gasteiger partial charge on any atom is -0.494 e. The zero-order valence-corrected chi connectivity index (χ0v) is 16.3. The fourth-order valence-electron chi connectivity index (χ4n) is 3.13. The molecule has 0 aliphatic rings. The first-order valence-corrected chi connectivity index (χ1v) is 9.01. The third-order valence-electron chi connectivity index (χ3n) is 4.50. The van der Waals surface area contributed by atoms with Gasteiger partial charge in [0.2, 0.25) is 5.88 Å². The van der Waals surface area contributed by atoms with Gasteiger partial charge in [-0.05, 0) is 25.1 Å². The Balaban J connectivity index is 1.73. The molecule has 0 saturated carbocycles. The van der Waals surface area contributed by atoms with Crippen LogP contribution in [0.2, 0.25) is 0 Å². The molecule has 0 spiro atoms. The molecule has 0 bridgehead atoms. The molecular formula is C20H21N5O4. The number of aliphatic hydroxyl groups excluding tert-OH is 1. The minimum absolute atomic E-state index is 0.0479. The van der Waals surface area contributed by atoms with Crippen LogP contribution in [0.4, 0.5) is 0 Å². The molecule has 9 nitrogen and oxygen atoms in total. The summed E-state index contributed by atoms with van der Waals surface area (Å²) in [5.74, 6) is 1.49. The number of hydrogen-bond acceptors (Lipinski definition) is 7. The number of aromatic nitrogens is 5. The number of methoxy groups -OCH3 is 2. The average molecular weight is 395 g/mol. The number of nitrogens with zero attached hydrogens (tertiary/aromatic N) is 5. The highest BCUT2D eigenvalue weighted by Crippen LogP contribution is 2.33. The Morgan fingerprint density at radius 2 is 2.00 bits per heavy atom. The highest BCUT2D eigenvalue weighted by atomic mass is 16.5. The predicted molar refractivity (Wildman–Crippen MR) is 107 cm³/mol. The molecule has 2 N–H and O–H groups in total. The number of aliphatic hydroxyl groups is 1. The van der Waals surface area contributed by atoms with Crippen LogP contribution in [0.15, 0.2) is 42.9 Å². The van der Waals surface area contributed by atoms with Gasteiger partial charge in [-0.3, -0.25) is 9.25 Å². The average Bonchev–Trinajstić information content (AvgIpc) is 3.30. The van der Waals surface area contributed by atoms with Crippen LogP contribution in [0.1, 0.15) is 6.92 Å². The normalized spacial score (nSPS) is 12.3. The van der Waals surface area contributed by atoms with Crippen LogP contribution < -0.4 is 9.47 Å². The van der Waals surface area contributed by atoms with Crippen molar-refractivity contribution >= 4 is 10.9 Å². The summed E-state index contributed by atoms with van der Waals surface area (Å²) < 4.78 is 13.7. The van der Waals surface area contributed by atoms with Gasteiger partial charge in [-0.1, -0.05) is 0 Å². The molecule has 1 atom stereocenters. The summed E-state index contributed by atoms with van der Waals surface area (Å²) in [4.78, 5) is 8.89. The molecule has 4 heterocycles. The number of hydrogen-bond donors (Lipinski definition) is 2. The van der Waals surface area contributed by atoms with E-state index in [9.17, 15) is 10.2 Å². The van der Waals surface area contributed by atoms with Gasteiger partial charge in [0.25, 0.3) is 5.88 Å². The molecule has 9 heteroatoms. The molecule has 0 saturated heterocycles. The summed E-state index contributed by atoms with van der Waals surface area (Å²) in [6.07, 6.45) is 4.61. The standard InChI is InChI=1S/C20H21N5O4/c1-12(26)10-24-7-6-18(23-24)25-11-16-14(20(25)27)4-5-15(22-16)13-8-17(28-2)19(29-3)21-9-13/h4-9,11-12,26-27H,10H2,1-3H3/t12-/m0/s1. The molecule has 0 aromatic carbocycles. The lowest BCUT2D eigenvalue weighted by Gasteiger charge is -2.08. The summed E-state index contributed by atoms with van der Waals surface area (Å²) in [6, 6.07) is 7.17. The molecule has 0 amide bonds. The van der Waals surface area contributed by atoms with Gasteiger partial charge in [0, 0.05) is 30.2 Å². The van der Waals surface area contributed by atoms with Gasteiger partial charge in [0.15, 0.2) is 11.6 Å². The lowest BCUT2D eigenvalue weighted by Crippen LogP contribution is -2.12. The Morgan fingerprint density at radius 1 is 1.17 bits per heavy atom. The summed E-state index contributed by atoms with van der Waals surface area (Å²) in [7, 11) is 3.08. The third-order valence-corrected chi connectivity index (χ3v) is 4.50. The van der Waals surface area contributed by atoms with Gasteiger partial charge < -0.3 is 19.7 Å². The molecule has 0 fully saturated rings. The van der Waals surface area contributed by atoms with Crippen molar-refractivity contribution in [1.82, 2.24) is 24.3 Å². The molecule has 29 heavy (non-hydrogen) atoms. The SMILES string of the molecule is COc1cc(-c2ccc3c(O)n(-c4ccn(C[C@H](C)O)n4)cc3n2)cnc1OC. The van der Waals surface area contributed by atoms with E-state index in [-0.39, 0.29) is 5.88 Å². The monoisotopic (exact) mass is 395 g/mol. The largest absolute Gasteiger partial charge is 0.494 e. The van der Waals surface area contributed by atoms with Gasteiger partial charge in [0.1, 0.15) is 0 Å². The second-order valence-electron chi connectivity index (χ2n) is 6.63. The number of pyridine rings is 2. The number of ether oxygens (including phenoxy) is 2. The van der Waals surface area contributed by atoms with Crippen LogP contribution in [0.25, 0.3) is 28.0 Å². The van der Waals surface area contributed by atoms with Gasteiger partial charge >= 0.3 is 0 Å². The molecule has 4 aromatic heterocycles. The highest BCUT2D eigenvalue weighted by Gasteiger charge is 2.15. The second-order valence-corrected chi connectivity index (χ2v) is 6.63. The third kappa shape index (κ3) is 3.47. The van der Waals surface area contributed by atoms with Crippen molar-refractivity contribution in [3.05, 3.63) is 42.9 Å². The molecule has 4 aromatic rings. The van der Waals surface area contributed by atoms with Gasteiger partial charge in [-0.15, -0.1) is 0 Å². The van der Waals surface area contributed by atoms with Gasteiger partial charge in [-0.2, -0.15) is 5.10 Å². The Morgan fingerprint density at radius 3 is 2.72 bits per heavy atom. The van der Waals surface area contributed by atoms with Crippen molar-refractivity contribution in [3.8, 4) is 34.6 Å². The Kier molecular flexibility index (Phi) is 4.81. The van der Waals surface area contributed by atoms with Crippen LogP contribution in [0.3, 0.4) is 0 Å². The quantitative estimate of drug-likeness (QED) is 0.516. The van der Waals surface area contributed by atoms with Crippen molar-refractivity contribution < 1.29 is 19.7 Å². The van der Waals surface area contributed by atoms with Gasteiger partial charge in [0.05, 0.1) is 43.5 Å². The first kappa shape index (κ1) is 18.8. The van der Waals surface area contributed by atoms with Crippen LogP contribution in [-0.2, 0) is 6.54 Å². The van der Waals surface area contributed by atoms with E-state index in [2.05, 4.69) is 15.1 Å². The zero-order chi connectivity index (χ0) is 20.5. The van der Waals surface area contributed by atoms with Crippen molar-refractivity contribution in [3.63, 3.8) is 0 Å². The maximum absolute atomic E-state index is 10.6. The highest BCUT2D eigenvalue weighted by molar-refractivity contribution is 5.87. The maximum Gasteiger partial charge on any atom is 0.256 e. The van der Waals surface area contributed by atoms with Crippen molar-refractivity contribution in [2.75, 3.05) is 14.2 Å².